The van der Waals surface area contributed by atoms with Gasteiger partial charge in [0.2, 0.25) is 0 Å². The molecule has 1 heterocycles. The quantitative estimate of drug-likeness (QED) is 0.813. The molecule has 3 N–H and O–H groups in total. The highest BCUT2D eigenvalue weighted by Gasteiger charge is 2.51. The number of aliphatic hydroxyl groups is 1. The Hall–Kier alpha value is -0.120. The van der Waals surface area contributed by atoms with Gasteiger partial charge in [0.15, 0.2) is 0 Å². The fraction of sp³-hybridized carbons (Fsp3) is 1.00. The number of hydrogen-bond acceptors (Lipinski definition) is 3. The summed E-state index contributed by atoms with van der Waals surface area (Å²) in [7, 11) is 0. The molecule has 0 amide bonds. The first-order valence-electron chi connectivity index (χ1n) is 7.53. The van der Waals surface area contributed by atoms with Crippen LogP contribution in [0.3, 0.4) is 0 Å². The summed E-state index contributed by atoms with van der Waals surface area (Å²) in [5.74, 6) is 1.31. The van der Waals surface area contributed by atoms with Crippen molar-refractivity contribution in [2.75, 3.05) is 19.8 Å². The molecule has 3 heteroatoms. The maximum absolute atomic E-state index is 11.2. The molecule has 1 aliphatic carbocycles. The lowest BCUT2D eigenvalue weighted by atomic mass is 9.58. The van der Waals surface area contributed by atoms with E-state index in [9.17, 15) is 5.11 Å². The second-order valence-electron chi connectivity index (χ2n) is 6.73. The second-order valence-corrected chi connectivity index (χ2v) is 6.73. The average molecular weight is 255 g/mol. The van der Waals surface area contributed by atoms with E-state index in [4.69, 9.17) is 10.5 Å². The van der Waals surface area contributed by atoms with Crippen molar-refractivity contribution < 1.29 is 9.84 Å². The normalized spacial score (nSPS) is 36.8. The topological polar surface area (TPSA) is 55.5 Å². The van der Waals surface area contributed by atoms with Crippen molar-refractivity contribution in [2.24, 2.45) is 23.0 Å². The summed E-state index contributed by atoms with van der Waals surface area (Å²) in [6.07, 6.45) is 6.10. The van der Waals surface area contributed by atoms with Gasteiger partial charge in [-0.15, -0.1) is 0 Å². The number of hydrogen-bond donors (Lipinski definition) is 2. The van der Waals surface area contributed by atoms with Crippen LogP contribution in [0, 0.1) is 17.3 Å². The summed E-state index contributed by atoms with van der Waals surface area (Å²) in [6.45, 7) is 6.65. The molecule has 106 valence electrons. The van der Waals surface area contributed by atoms with Gasteiger partial charge in [-0.2, -0.15) is 0 Å². The van der Waals surface area contributed by atoms with Crippen molar-refractivity contribution in [3.63, 3.8) is 0 Å². The Morgan fingerprint density at radius 1 is 1.28 bits per heavy atom. The van der Waals surface area contributed by atoms with Crippen LogP contribution in [0.15, 0.2) is 0 Å². The van der Waals surface area contributed by atoms with Crippen LogP contribution in [0.25, 0.3) is 0 Å². The van der Waals surface area contributed by atoms with Crippen molar-refractivity contribution in [2.45, 2.75) is 58.0 Å². The highest BCUT2D eigenvalue weighted by molar-refractivity contribution is 5.03. The van der Waals surface area contributed by atoms with E-state index in [1.807, 2.05) is 0 Å². The molecule has 3 nitrogen and oxygen atoms in total. The number of ether oxygens (including phenoxy) is 1. The third kappa shape index (κ3) is 2.45. The highest BCUT2D eigenvalue weighted by Crippen LogP contribution is 2.50. The predicted octanol–water partition coefficient (Wildman–Crippen LogP) is 2.32. The Bertz CT molecular complexity index is 274. The molecule has 18 heavy (non-hydrogen) atoms. The largest absolute Gasteiger partial charge is 0.389 e. The second kappa shape index (κ2) is 5.48. The van der Waals surface area contributed by atoms with Crippen molar-refractivity contribution in [1.82, 2.24) is 0 Å². The lowest BCUT2D eigenvalue weighted by Gasteiger charge is -2.53. The molecule has 1 aliphatic heterocycles. The monoisotopic (exact) mass is 255 g/mol. The van der Waals surface area contributed by atoms with Crippen molar-refractivity contribution >= 4 is 0 Å². The van der Waals surface area contributed by atoms with Gasteiger partial charge < -0.3 is 15.6 Å². The summed E-state index contributed by atoms with van der Waals surface area (Å²) in [4.78, 5) is 0. The van der Waals surface area contributed by atoms with E-state index in [-0.39, 0.29) is 5.41 Å². The van der Waals surface area contributed by atoms with E-state index in [0.29, 0.717) is 18.4 Å². The first kappa shape index (κ1) is 14.3. The number of rotatable bonds is 3. The zero-order valence-corrected chi connectivity index (χ0v) is 12.0. The van der Waals surface area contributed by atoms with Crippen LogP contribution in [-0.4, -0.2) is 30.5 Å². The molecular formula is C15H29NO2. The minimum Gasteiger partial charge on any atom is -0.389 e. The molecule has 0 spiro atoms. The van der Waals surface area contributed by atoms with Gasteiger partial charge in [-0.3, -0.25) is 0 Å². The Balaban J connectivity index is 2.16. The van der Waals surface area contributed by atoms with Crippen LogP contribution in [0.4, 0.5) is 0 Å². The Morgan fingerprint density at radius 3 is 2.50 bits per heavy atom. The predicted molar refractivity (Wildman–Crippen MR) is 73.3 cm³/mol. The molecule has 2 unspecified atom stereocenters. The lowest BCUT2D eigenvalue weighted by Crippen LogP contribution is -2.57. The van der Waals surface area contributed by atoms with Gasteiger partial charge in [0.05, 0.1) is 5.60 Å². The fourth-order valence-corrected chi connectivity index (χ4v) is 3.97. The van der Waals surface area contributed by atoms with Gasteiger partial charge in [0.1, 0.15) is 0 Å². The minimum absolute atomic E-state index is 0.0984. The van der Waals surface area contributed by atoms with E-state index >= 15 is 0 Å². The molecule has 2 rings (SSSR count). The summed E-state index contributed by atoms with van der Waals surface area (Å²) in [5.41, 5.74) is 5.41. The minimum atomic E-state index is -0.557. The first-order chi connectivity index (χ1) is 8.53. The SMILES string of the molecule is CC(C)C1CCCC(O)(C2(CN)CCOCC2)C1. The van der Waals surface area contributed by atoms with Crippen LogP contribution in [0.1, 0.15) is 52.4 Å². The van der Waals surface area contributed by atoms with Crippen LogP contribution in [-0.2, 0) is 4.74 Å². The molecule has 0 radical (unpaired) electrons. The third-order valence-corrected chi connectivity index (χ3v) is 5.54. The molecule has 0 bridgehead atoms. The van der Waals surface area contributed by atoms with Gasteiger partial charge in [0, 0.05) is 25.2 Å². The summed E-state index contributed by atoms with van der Waals surface area (Å²) >= 11 is 0. The van der Waals surface area contributed by atoms with E-state index in [2.05, 4.69) is 13.8 Å². The molecule has 0 aromatic heterocycles. The van der Waals surface area contributed by atoms with E-state index < -0.39 is 5.60 Å². The van der Waals surface area contributed by atoms with Crippen LogP contribution < -0.4 is 5.73 Å². The van der Waals surface area contributed by atoms with Gasteiger partial charge in [-0.05, 0) is 43.9 Å². The molecular weight excluding hydrogens is 226 g/mol. The Morgan fingerprint density at radius 2 is 1.94 bits per heavy atom. The smallest absolute Gasteiger partial charge is 0.0720 e. The molecule has 1 saturated carbocycles. The maximum Gasteiger partial charge on any atom is 0.0720 e. The zero-order valence-electron chi connectivity index (χ0n) is 12.0. The summed E-state index contributed by atoms with van der Waals surface area (Å²) < 4.78 is 5.47. The molecule has 2 aliphatic rings. The molecule has 2 fully saturated rings. The first-order valence-corrected chi connectivity index (χ1v) is 7.53. The standard InChI is InChI=1S/C15H29NO2/c1-12(2)13-4-3-5-15(17,10-13)14(11-16)6-8-18-9-7-14/h12-13,17H,3-11,16H2,1-2H3. The molecule has 1 saturated heterocycles. The number of nitrogens with two attached hydrogens (primary N) is 1. The van der Waals surface area contributed by atoms with Crippen LogP contribution >= 0.6 is 0 Å². The van der Waals surface area contributed by atoms with E-state index in [1.54, 1.807) is 0 Å². The molecule has 0 aromatic carbocycles. The Labute approximate surface area is 111 Å². The van der Waals surface area contributed by atoms with Crippen molar-refractivity contribution in [1.29, 1.82) is 0 Å². The zero-order chi connectivity index (χ0) is 13.2. The molecule has 2 atom stereocenters. The fourth-order valence-electron chi connectivity index (χ4n) is 3.97. The maximum atomic E-state index is 11.2. The van der Waals surface area contributed by atoms with Crippen molar-refractivity contribution in [3.05, 3.63) is 0 Å². The van der Waals surface area contributed by atoms with E-state index in [0.717, 1.165) is 45.3 Å². The highest BCUT2D eigenvalue weighted by atomic mass is 16.5. The third-order valence-electron chi connectivity index (χ3n) is 5.54. The van der Waals surface area contributed by atoms with E-state index in [1.165, 1.54) is 6.42 Å². The average Bonchev–Trinajstić information content (AvgIpc) is 2.39. The van der Waals surface area contributed by atoms with Gasteiger partial charge >= 0.3 is 0 Å². The lowest BCUT2D eigenvalue weighted by molar-refractivity contribution is -0.157. The van der Waals surface area contributed by atoms with Gasteiger partial charge in [0.25, 0.3) is 0 Å². The van der Waals surface area contributed by atoms with Crippen LogP contribution in [0.2, 0.25) is 0 Å². The van der Waals surface area contributed by atoms with Gasteiger partial charge in [-0.25, -0.2) is 0 Å². The molecule has 0 aromatic rings. The Kier molecular flexibility index (Phi) is 4.35. The van der Waals surface area contributed by atoms with Crippen LogP contribution in [0.5, 0.6) is 0 Å². The summed E-state index contributed by atoms with van der Waals surface area (Å²) in [5, 5.41) is 11.2. The van der Waals surface area contributed by atoms with Gasteiger partial charge in [-0.1, -0.05) is 20.3 Å². The summed E-state index contributed by atoms with van der Waals surface area (Å²) in [6, 6.07) is 0. The van der Waals surface area contributed by atoms with Crippen molar-refractivity contribution in [3.8, 4) is 0 Å².